The number of phenols is 1. The van der Waals surface area contributed by atoms with Gasteiger partial charge in [-0.2, -0.15) is 0 Å². The first-order chi connectivity index (χ1) is 7.72. The van der Waals surface area contributed by atoms with Crippen molar-refractivity contribution in [2.75, 3.05) is 17.3 Å². The molecule has 0 aliphatic rings. The lowest BCUT2D eigenvalue weighted by Crippen LogP contribution is -1.84. The number of aromatic hydroxyl groups is 1. The zero-order chi connectivity index (χ0) is 12.0. The van der Waals surface area contributed by atoms with Crippen LogP contribution < -0.4 is 0 Å². The molecule has 0 saturated heterocycles. The van der Waals surface area contributed by atoms with E-state index in [0.29, 0.717) is 5.75 Å². The minimum atomic E-state index is 0.458. The molecule has 0 aliphatic carbocycles. The number of rotatable bonds is 6. The summed E-state index contributed by atoms with van der Waals surface area (Å²) in [6.07, 6.45) is 0. The predicted molar refractivity (Wildman–Crippen MR) is 77.3 cm³/mol. The lowest BCUT2D eigenvalue weighted by atomic mass is 10.3. The lowest BCUT2D eigenvalue weighted by molar-refractivity contribution is 0.448. The van der Waals surface area contributed by atoms with Gasteiger partial charge in [0, 0.05) is 4.90 Å². The summed E-state index contributed by atoms with van der Waals surface area (Å²) in [6, 6.07) is 4.19. The highest BCUT2D eigenvalue weighted by atomic mass is 32.2. The highest BCUT2D eigenvalue weighted by Gasteiger charge is 2.10. The molecule has 0 spiro atoms. The van der Waals surface area contributed by atoms with Crippen molar-refractivity contribution in [3.8, 4) is 5.75 Å². The van der Waals surface area contributed by atoms with E-state index in [-0.39, 0.29) is 0 Å². The zero-order valence-electron chi connectivity index (χ0n) is 9.95. The minimum absolute atomic E-state index is 0.458. The molecule has 0 fully saturated rings. The smallest absolute Gasteiger partial charge is 0.142 e. The first kappa shape index (κ1) is 14.1. The molecule has 0 bridgehead atoms. The van der Waals surface area contributed by atoms with Crippen LogP contribution in [0.5, 0.6) is 5.75 Å². The van der Waals surface area contributed by atoms with Gasteiger partial charge in [0.1, 0.15) is 5.75 Å². The lowest BCUT2D eigenvalue weighted by Gasteiger charge is -2.10. The van der Waals surface area contributed by atoms with Crippen LogP contribution in [-0.4, -0.2) is 22.4 Å². The van der Waals surface area contributed by atoms with Gasteiger partial charge in [0.2, 0.25) is 0 Å². The summed E-state index contributed by atoms with van der Waals surface area (Å²) >= 11 is 5.24. The molecule has 90 valence electrons. The number of hydrogen-bond donors (Lipinski definition) is 1. The summed E-state index contributed by atoms with van der Waals surface area (Å²) in [5.41, 5.74) is 0. The van der Waals surface area contributed by atoms with Crippen LogP contribution >= 0.6 is 35.3 Å². The molecular formula is C12H18OS3. The molecule has 0 saturated carbocycles. The molecule has 0 atom stereocenters. The van der Waals surface area contributed by atoms with Gasteiger partial charge in [0.15, 0.2) is 0 Å². The quantitative estimate of drug-likeness (QED) is 0.756. The Kier molecular flexibility index (Phi) is 6.54. The summed E-state index contributed by atoms with van der Waals surface area (Å²) < 4.78 is 0. The van der Waals surface area contributed by atoms with Crippen molar-refractivity contribution >= 4 is 35.3 Å². The van der Waals surface area contributed by atoms with Crippen LogP contribution in [0.25, 0.3) is 0 Å². The van der Waals surface area contributed by atoms with Crippen LogP contribution in [0.2, 0.25) is 0 Å². The third-order valence-corrected chi connectivity index (χ3v) is 4.60. The van der Waals surface area contributed by atoms with Gasteiger partial charge in [-0.1, -0.05) is 20.8 Å². The van der Waals surface area contributed by atoms with E-state index < -0.39 is 0 Å². The van der Waals surface area contributed by atoms with Crippen LogP contribution in [0, 0.1) is 0 Å². The Labute approximate surface area is 111 Å². The normalized spacial score (nSPS) is 10.7. The summed E-state index contributed by atoms with van der Waals surface area (Å²) in [7, 11) is 0. The van der Waals surface area contributed by atoms with Crippen LogP contribution in [0.3, 0.4) is 0 Å². The maximum absolute atomic E-state index is 10.1. The number of phenolic OH excluding ortho intramolecular Hbond substituents is 1. The monoisotopic (exact) mass is 274 g/mol. The van der Waals surface area contributed by atoms with Crippen molar-refractivity contribution in [3.05, 3.63) is 12.1 Å². The summed E-state index contributed by atoms with van der Waals surface area (Å²) in [6.45, 7) is 6.36. The van der Waals surface area contributed by atoms with Crippen LogP contribution in [0.15, 0.2) is 26.8 Å². The van der Waals surface area contributed by atoms with Crippen LogP contribution in [0.4, 0.5) is 0 Å². The van der Waals surface area contributed by atoms with Crippen molar-refractivity contribution in [2.24, 2.45) is 0 Å². The fraction of sp³-hybridized carbons (Fsp3) is 0.500. The van der Waals surface area contributed by atoms with Gasteiger partial charge < -0.3 is 5.11 Å². The molecule has 1 N–H and O–H groups in total. The fourth-order valence-electron chi connectivity index (χ4n) is 1.34. The summed E-state index contributed by atoms with van der Waals surface area (Å²) in [5, 5.41) is 10.1. The second-order valence-corrected chi connectivity index (χ2v) is 7.02. The van der Waals surface area contributed by atoms with Gasteiger partial charge >= 0.3 is 0 Å². The fourth-order valence-corrected chi connectivity index (χ4v) is 3.82. The van der Waals surface area contributed by atoms with E-state index in [4.69, 9.17) is 0 Å². The topological polar surface area (TPSA) is 20.2 Å². The highest BCUT2D eigenvalue weighted by Crippen LogP contribution is 2.40. The molecule has 0 unspecified atom stereocenters. The Morgan fingerprint density at radius 2 is 1.31 bits per heavy atom. The molecule has 0 aliphatic heterocycles. The standard InChI is InChI=1S/C12H18OS3/c1-4-14-9-7-10(15-5-2)12(13)11(8-9)16-6-3/h7-8,13H,4-6H2,1-3H3. The van der Waals surface area contributed by atoms with E-state index in [1.54, 1.807) is 23.5 Å². The molecule has 0 amide bonds. The maximum Gasteiger partial charge on any atom is 0.142 e. The predicted octanol–water partition coefficient (Wildman–Crippen LogP) is 4.73. The molecule has 1 nitrogen and oxygen atoms in total. The highest BCUT2D eigenvalue weighted by molar-refractivity contribution is 8.00. The zero-order valence-corrected chi connectivity index (χ0v) is 12.4. The SMILES string of the molecule is CCSc1cc(SCC)c(O)c(SCC)c1. The van der Waals surface area contributed by atoms with Crippen LogP contribution in [0.1, 0.15) is 20.8 Å². The van der Waals surface area contributed by atoms with E-state index in [1.165, 1.54) is 4.90 Å². The van der Waals surface area contributed by atoms with E-state index in [1.807, 2.05) is 11.8 Å². The Bertz CT molecular complexity index is 312. The molecule has 4 heteroatoms. The summed E-state index contributed by atoms with van der Waals surface area (Å²) in [5.74, 6) is 3.50. The molecular weight excluding hydrogens is 256 g/mol. The number of benzene rings is 1. The largest absolute Gasteiger partial charge is 0.506 e. The van der Waals surface area contributed by atoms with Crippen molar-refractivity contribution in [1.82, 2.24) is 0 Å². The molecule has 0 radical (unpaired) electrons. The third kappa shape index (κ3) is 3.82. The van der Waals surface area contributed by atoms with Gasteiger partial charge in [-0.25, -0.2) is 0 Å². The molecule has 16 heavy (non-hydrogen) atoms. The Morgan fingerprint density at radius 3 is 1.69 bits per heavy atom. The van der Waals surface area contributed by atoms with Crippen molar-refractivity contribution < 1.29 is 5.11 Å². The van der Waals surface area contributed by atoms with Crippen molar-refractivity contribution in [3.63, 3.8) is 0 Å². The molecule has 1 aromatic carbocycles. The minimum Gasteiger partial charge on any atom is -0.506 e. The van der Waals surface area contributed by atoms with E-state index in [0.717, 1.165) is 27.0 Å². The maximum atomic E-state index is 10.1. The van der Waals surface area contributed by atoms with Gasteiger partial charge in [0.25, 0.3) is 0 Å². The van der Waals surface area contributed by atoms with Gasteiger partial charge in [-0.15, -0.1) is 35.3 Å². The average molecular weight is 274 g/mol. The van der Waals surface area contributed by atoms with Gasteiger partial charge in [-0.05, 0) is 29.4 Å². The van der Waals surface area contributed by atoms with E-state index in [2.05, 4.69) is 32.9 Å². The average Bonchev–Trinajstić information content (AvgIpc) is 2.26. The first-order valence-corrected chi connectivity index (χ1v) is 8.43. The van der Waals surface area contributed by atoms with Crippen molar-refractivity contribution in [1.29, 1.82) is 0 Å². The first-order valence-electron chi connectivity index (χ1n) is 5.48. The molecule has 0 heterocycles. The van der Waals surface area contributed by atoms with E-state index >= 15 is 0 Å². The van der Waals surface area contributed by atoms with Gasteiger partial charge in [-0.3, -0.25) is 0 Å². The molecule has 0 aromatic heterocycles. The number of hydrogen-bond acceptors (Lipinski definition) is 4. The Balaban J connectivity index is 3.05. The van der Waals surface area contributed by atoms with Gasteiger partial charge in [0.05, 0.1) is 9.79 Å². The third-order valence-electron chi connectivity index (χ3n) is 1.92. The van der Waals surface area contributed by atoms with Crippen LogP contribution in [-0.2, 0) is 0 Å². The second kappa shape index (κ2) is 7.41. The number of thioether (sulfide) groups is 3. The Morgan fingerprint density at radius 1 is 0.875 bits per heavy atom. The Hall–Kier alpha value is 0.0700. The summed E-state index contributed by atoms with van der Waals surface area (Å²) in [4.78, 5) is 3.28. The second-order valence-electron chi connectivity index (χ2n) is 3.07. The molecule has 1 aromatic rings. The molecule has 1 rings (SSSR count). The van der Waals surface area contributed by atoms with E-state index in [9.17, 15) is 5.11 Å². The van der Waals surface area contributed by atoms with Crippen molar-refractivity contribution in [2.45, 2.75) is 35.5 Å².